The number of hydrogen-bond donors (Lipinski definition) is 0. The van der Waals surface area contributed by atoms with Crippen molar-refractivity contribution in [2.45, 2.75) is 19.9 Å². The molecule has 1 aliphatic heterocycles. The van der Waals surface area contributed by atoms with E-state index in [-0.39, 0.29) is 23.4 Å². The second-order valence-electron chi connectivity index (χ2n) is 5.62. The van der Waals surface area contributed by atoms with Crippen molar-refractivity contribution in [3.8, 4) is 0 Å². The third-order valence-electron chi connectivity index (χ3n) is 4.05. The van der Waals surface area contributed by atoms with E-state index in [9.17, 15) is 13.6 Å². The summed E-state index contributed by atoms with van der Waals surface area (Å²) in [5, 5.41) is 5.64. The minimum atomic E-state index is -0.547. The van der Waals surface area contributed by atoms with E-state index >= 15 is 0 Å². The summed E-state index contributed by atoms with van der Waals surface area (Å²) in [5.41, 5.74) is 1.39. The number of nitrogens with zero attached hydrogens (tertiary/aromatic N) is 2. The average molecular weight is 314 g/mol. The lowest BCUT2D eigenvalue weighted by Gasteiger charge is -2.24. The Morgan fingerprint density at radius 2 is 1.83 bits per heavy atom. The fraction of sp³-hybridized carbons (Fsp3) is 0.222. The predicted molar refractivity (Wildman–Crippen MR) is 83.8 cm³/mol. The van der Waals surface area contributed by atoms with E-state index < -0.39 is 11.6 Å². The first-order valence-electron chi connectivity index (χ1n) is 7.37. The van der Waals surface area contributed by atoms with Gasteiger partial charge in [-0.3, -0.25) is 4.79 Å². The number of carbonyl (C=O) groups is 1. The van der Waals surface area contributed by atoms with Crippen LogP contribution in [-0.2, 0) is 4.79 Å². The van der Waals surface area contributed by atoms with Gasteiger partial charge in [-0.05, 0) is 23.8 Å². The van der Waals surface area contributed by atoms with Crippen molar-refractivity contribution in [3.05, 3.63) is 71.3 Å². The lowest BCUT2D eigenvalue weighted by Crippen LogP contribution is -2.28. The smallest absolute Gasteiger partial charge is 0.240 e. The van der Waals surface area contributed by atoms with Crippen LogP contribution in [0.5, 0.6) is 0 Å². The van der Waals surface area contributed by atoms with Crippen molar-refractivity contribution in [2.24, 2.45) is 11.0 Å². The Kier molecular flexibility index (Phi) is 3.94. The maximum atomic E-state index is 14.1. The molecule has 2 unspecified atom stereocenters. The molecule has 0 aromatic heterocycles. The summed E-state index contributed by atoms with van der Waals surface area (Å²) >= 11 is 0. The van der Waals surface area contributed by atoms with Gasteiger partial charge in [-0.1, -0.05) is 37.3 Å². The minimum absolute atomic E-state index is 0.0992. The highest BCUT2D eigenvalue weighted by molar-refractivity contribution is 6.04. The Morgan fingerprint density at radius 3 is 2.48 bits per heavy atom. The molecular weight excluding hydrogens is 298 g/mol. The van der Waals surface area contributed by atoms with Crippen LogP contribution in [0, 0.1) is 17.6 Å². The third-order valence-corrected chi connectivity index (χ3v) is 4.05. The van der Waals surface area contributed by atoms with Gasteiger partial charge in [0.05, 0.1) is 11.8 Å². The van der Waals surface area contributed by atoms with Gasteiger partial charge in [0, 0.05) is 18.4 Å². The lowest BCUT2D eigenvalue weighted by atomic mass is 9.88. The fourth-order valence-corrected chi connectivity index (χ4v) is 2.97. The number of hydrazone groups is 1. The molecule has 0 saturated heterocycles. The molecule has 0 N–H and O–H groups in total. The minimum Gasteiger partial charge on any atom is -0.273 e. The Labute approximate surface area is 133 Å². The van der Waals surface area contributed by atoms with Crippen molar-refractivity contribution in [1.29, 1.82) is 0 Å². The number of rotatable bonds is 2. The van der Waals surface area contributed by atoms with E-state index in [1.807, 2.05) is 37.3 Å². The maximum Gasteiger partial charge on any atom is 0.240 e. The molecule has 2 atom stereocenters. The van der Waals surface area contributed by atoms with Crippen molar-refractivity contribution >= 4 is 11.6 Å². The second-order valence-corrected chi connectivity index (χ2v) is 5.62. The molecule has 0 saturated carbocycles. The van der Waals surface area contributed by atoms with Crippen molar-refractivity contribution in [2.75, 3.05) is 0 Å². The first kappa shape index (κ1) is 15.3. The van der Waals surface area contributed by atoms with E-state index in [1.54, 1.807) is 0 Å². The molecule has 3 rings (SSSR count). The number of hydrogen-bond acceptors (Lipinski definition) is 2. The van der Waals surface area contributed by atoms with Crippen LogP contribution in [0.2, 0.25) is 0 Å². The molecule has 1 heterocycles. The van der Waals surface area contributed by atoms with Gasteiger partial charge >= 0.3 is 0 Å². The average Bonchev–Trinajstić information content (AvgIpc) is 2.88. The molecular formula is C18H16F2N2O. The van der Waals surface area contributed by atoms with E-state index in [0.29, 0.717) is 5.71 Å². The fourth-order valence-electron chi connectivity index (χ4n) is 2.97. The van der Waals surface area contributed by atoms with Gasteiger partial charge in [-0.15, -0.1) is 0 Å². The molecule has 0 bridgehead atoms. The van der Waals surface area contributed by atoms with E-state index in [4.69, 9.17) is 0 Å². The first-order valence-corrected chi connectivity index (χ1v) is 7.37. The number of benzene rings is 2. The van der Waals surface area contributed by atoms with E-state index in [2.05, 4.69) is 5.10 Å². The number of halogens is 2. The molecule has 5 heteroatoms. The Balaban J connectivity index is 2.08. The molecule has 2 aromatic carbocycles. The Morgan fingerprint density at radius 1 is 1.13 bits per heavy atom. The quantitative estimate of drug-likeness (QED) is 0.827. The summed E-state index contributed by atoms with van der Waals surface area (Å²) in [6, 6.07) is 12.4. The molecule has 0 fully saturated rings. The van der Waals surface area contributed by atoms with Crippen LogP contribution in [0.1, 0.15) is 31.0 Å². The lowest BCUT2D eigenvalue weighted by molar-refractivity contribution is -0.131. The van der Waals surface area contributed by atoms with Gasteiger partial charge in [-0.2, -0.15) is 5.10 Å². The second kappa shape index (κ2) is 5.91. The SMILES string of the molecule is CC(=O)N1N=C(c2cc(F)ccc2F)C(C)C1c1ccccc1. The Bertz CT molecular complexity index is 774. The first-order chi connectivity index (χ1) is 11.0. The molecule has 0 spiro atoms. The van der Waals surface area contributed by atoms with Crippen LogP contribution in [0.15, 0.2) is 53.6 Å². The van der Waals surface area contributed by atoms with Crippen LogP contribution in [-0.4, -0.2) is 16.6 Å². The van der Waals surface area contributed by atoms with Crippen LogP contribution in [0.4, 0.5) is 8.78 Å². The zero-order chi connectivity index (χ0) is 16.6. The van der Waals surface area contributed by atoms with Gasteiger partial charge in [0.1, 0.15) is 11.6 Å². The van der Waals surface area contributed by atoms with Crippen molar-refractivity contribution in [1.82, 2.24) is 5.01 Å². The molecule has 3 nitrogen and oxygen atoms in total. The third kappa shape index (κ3) is 2.74. The standard InChI is InChI=1S/C18H16F2N2O/c1-11-17(15-10-14(19)8-9-16(15)20)21-22(12(2)23)18(11)13-6-4-3-5-7-13/h3-11,18H,1-2H3. The maximum absolute atomic E-state index is 14.1. The van der Waals surface area contributed by atoms with E-state index in [1.165, 1.54) is 11.9 Å². The van der Waals surface area contributed by atoms with Gasteiger partial charge in [0.2, 0.25) is 5.91 Å². The highest BCUT2D eigenvalue weighted by Gasteiger charge is 2.38. The molecule has 2 aromatic rings. The van der Waals surface area contributed by atoms with Crippen LogP contribution >= 0.6 is 0 Å². The highest BCUT2D eigenvalue weighted by Crippen LogP contribution is 2.37. The van der Waals surface area contributed by atoms with Crippen LogP contribution < -0.4 is 0 Å². The van der Waals surface area contributed by atoms with Crippen molar-refractivity contribution < 1.29 is 13.6 Å². The normalized spacial score (nSPS) is 20.5. The van der Waals surface area contributed by atoms with Gasteiger partial charge in [0.25, 0.3) is 0 Å². The number of amides is 1. The summed E-state index contributed by atoms with van der Waals surface area (Å²) in [5.74, 6) is -1.57. The molecule has 23 heavy (non-hydrogen) atoms. The largest absolute Gasteiger partial charge is 0.273 e. The molecule has 1 amide bonds. The molecule has 118 valence electrons. The van der Waals surface area contributed by atoms with Gasteiger partial charge < -0.3 is 0 Å². The predicted octanol–water partition coefficient (Wildman–Crippen LogP) is 3.91. The zero-order valence-corrected chi connectivity index (χ0v) is 12.8. The summed E-state index contributed by atoms with van der Waals surface area (Å²) in [6.07, 6.45) is 0. The molecule has 1 aliphatic rings. The summed E-state index contributed by atoms with van der Waals surface area (Å²) in [4.78, 5) is 12.0. The van der Waals surface area contributed by atoms with Gasteiger partial charge in [0.15, 0.2) is 0 Å². The zero-order valence-electron chi connectivity index (χ0n) is 12.8. The summed E-state index contributed by atoms with van der Waals surface area (Å²) in [7, 11) is 0. The summed E-state index contributed by atoms with van der Waals surface area (Å²) < 4.78 is 27.6. The van der Waals surface area contributed by atoms with Gasteiger partial charge in [-0.25, -0.2) is 13.8 Å². The van der Waals surface area contributed by atoms with Crippen molar-refractivity contribution in [3.63, 3.8) is 0 Å². The Hall–Kier alpha value is -2.56. The van der Waals surface area contributed by atoms with Crippen LogP contribution in [0.3, 0.4) is 0 Å². The topological polar surface area (TPSA) is 32.7 Å². The monoisotopic (exact) mass is 314 g/mol. The molecule has 0 aliphatic carbocycles. The molecule has 0 radical (unpaired) electrons. The number of carbonyl (C=O) groups excluding carboxylic acids is 1. The van der Waals surface area contributed by atoms with Crippen LogP contribution in [0.25, 0.3) is 0 Å². The van der Waals surface area contributed by atoms with E-state index in [0.717, 1.165) is 23.8 Å². The summed E-state index contributed by atoms with van der Waals surface area (Å²) in [6.45, 7) is 3.28. The highest BCUT2D eigenvalue weighted by atomic mass is 19.1.